The highest BCUT2D eigenvalue weighted by Gasteiger charge is 2.09. The second-order valence-electron chi connectivity index (χ2n) is 3.86. The van der Waals surface area contributed by atoms with Crippen LogP contribution >= 0.6 is 0 Å². The number of hydrogen-bond donors (Lipinski definition) is 2. The van der Waals surface area contributed by atoms with Crippen molar-refractivity contribution in [3.05, 3.63) is 29.6 Å². The molecule has 18 heavy (non-hydrogen) atoms. The number of hydrogen-bond acceptors (Lipinski definition) is 4. The van der Waals surface area contributed by atoms with Gasteiger partial charge < -0.3 is 15.7 Å². The first kappa shape index (κ1) is 14.2. The first-order valence-electron chi connectivity index (χ1n) is 5.61. The molecule has 1 aromatic carbocycles. The summed E-state index contributed by atoms with van der Waals surface area (Å²) in [6.07, 6.45) is 0. The summed E-state index contributed by atoms with van der Waals surface area (Å²) >= 11 is 0. The number of amidine groups is 1. The van der Waals surface area contributed by atoms with Crippen molar-refractivity contribution in [1.29, 1.82) is 0 Å². The smallest absolute Gasteiger partial charge is 0.165 e. The van der Waals surface area contributed by atoms with Crippen molar-refractivity contribution in [1.82, 2.24) is 4.90 Å². The zero-order valence-electron chi connectivity index (χ0n) is 10.6. The Balaban J connectivity index is 2.73. The molecule has 0 aromatic heterocycles. The van der Waals surface area contributed by atoms with Gasteiger partial charge in [0.25, 0.3) is 0 Å². The Morgan fingerprint density at radius 1 is 1.56 bits per heavy atom. The molecule has 1 aromatic rings. The van der Waals surface area contributed by atoms with Crippen molar-refractivity contribution < 1.29 is 14.3 Å². The van der Waals surface area contributed by atoms with Crippen LogP contribution in [0.2, 0.25) is 0 Å². The summed E-state index contributed by atoms with van der Waals surface area (Å²) in [5.74, 6) is -0.0427. The SMILES string of the molecule is CCN(CC(N)=NO)Cc1ccc(OC)c(F)c1. The molecule has 0 aliphatic rings. The van der Waals surface area contributed by atoms with E-state index >= 15 is 0 Å². The Morgan fingerprint density at radius 3 is 2.78 bits per heavy atom. The maximum absolute atomic E-state index is 13.5. The van der Waals surface area contributed by atoms with Crippen LogP contribution < -0.4 is 10.5 Å². The van der Waals surface area contributed by atoms with Gasteiger partial charge in [-0.3, -0.25) is 4.90 Å². The number of likely N-dealkylation sites (N-methyl/N-ethyl adjacent to an activating group) is 1. The molecule has 1 rings (SSSR count). The van der Waals surface area contributed by atoms with Crippen LogP contribution in [0.25, 0.3) is 0 Å². The average molecular weight is 255 g/mol. The van der Waals surface area contributed by atoms with Crippen LogP contribution in [0.15, 0.2) is 23.4 Å². The van der Waals surface area contributed by atoms with Crippen molar-refractivity contribution in [2.24, 2.45) is 10.9 Å². The predicted octanol–water partition coefficient (Wildman–Crippen LogP) is 1.40. The third-order valence-corrected chi connectivity index (χ3v) is 2.58. The lowest BCUT2D eigenvalue weighted by atomic mass is 10.2. The monoisotopic (exact) mass is 255 g/mol. The number of methoxy groups -OCH3 is 1. The van der Waals surface area contributed by atoms with Gasteiger partial charge in [0.1, 0.15) is 0 Å². The molecule has 0 fully saturated rings. The van der Waals surface area contributed by atoms with Gasteiger partial charge in [-0.25, -0.2) is 4.39 Å². The number of oxime groups is 1. The van der Waals surface area contributed by atoms with Gasteiger partial charge in [0.2, 0.25) is 0 Å². The highest BCUT2D eigenvalue weighted by Crippen LogP contribution is 2.18. The Kier molecular flexibility index (Phi) is 5.38. The van der Waals surface area contributed by atoms with E-state index in [2.05, 4.69) is 5.16 Å². The molecule has 6 heteroatoms. The fourth-order valence-electron chi connectivity index (χ4n) is 1.61. The molecule has 0 aliphatic carbocycles. The van der Waals surface area contributed by atoms with E-state index in [1.54, 1.807) is 12.1 Å². The van der Waals surface area contributed by atoms with E-state index in [1.165, 1.54) is 13.2 Å². The topological polar surface area (TPSA) is 71.1 Å². The van der Waals surface area contributed by atoms with Gasteiger partial charge in [-0.2, -0.15) is 0 Å². The lowest BCUT2D eigenvalue weighted by Gasteiger charge is -2.19. The Hall–Kier alpha value is -1.82. The minimum Gasteiger partial charge on any atom is -0.494 e. The molecule has 3 N–H and O–H groups in total. The number of nitrogens with two attached hydrogens (primary N) is 1. The molecule has 0 amide bonds. The third-order valence-electron chi connectivity index (χ3n) is 2.58. The molecule has 0 unspecified atom stereocenters. The quantitative estimate of drug-likeness (QED) is 0.349. The van der Waals surface area contributed by atoms with E-state index < -0.39 is 5.82 Å². The molecule has 0 radical (unpaired) electrons. The van der Waals surface area contributed by atoms with E-state index in [1.807, 2.05) is 11.8 Å². The largest absolute Gasteiger partial charge is 0.494 e. The van der Waals surface area contributed by atoms with E-state index in [-0.39, 0.29) is 11.6 Å². The summed E-state index contributed by atoms with van der Waals surface area (Å²) in [6, 6.07) is 4.80. The first-order chi connectivity index (χ1) is 8.60. The molecule has 0 heterocycles. The highest BCUT2D eigenvalue weighted by molar-refractivity contribution is 5.81. The van der Waals surface area contributed by atoms with E-state index in [9.17, 15) is 4.39 Å². The van der Waals surface area contributed by atoms with Crippen molar-refractivity contribution >= 4 is 5.84 Å². The van der Waals surface area contributed by atoms with Gasteiger partial charge in [0.15, 0.2) is 17.4 Å². The molecule has 5 nitrogen and oxygen atoms in total. The average Bonchev–Trinajstić information content (AvgIpc) is 2.38. The Labute approximate surface area is 106 Å². The second-order valence-corrected chi connectivity index (χ2v) is 3.86. The number of benzene rings is 1. The second kappa shape index (κ2) is 6.80. The molecular weight excluding hydrogens is 237 g/mol. The maximum Gasteiger partial charge on any atom is 0.165 e. The van der Waals surface area contributed by atoms with Crippen LogP contribution in [0.3, 0.4) is 0 Å². The zero-order valence-corrected chi connectivity index (χ0v) is 10.6. The van der Waals surface area contributed by atoms with Crippen molar-refractivity contribution in [3.63, 3.8) is 0 Å². The predicted molar refractivity (Wildman–Crippen MR) is 67.3 cm³/mol. The molecule has 100 valence electrons. The van der Waals surface area contributed by atoms with Crippen LogP contribution in [0.1, 0.15) is 12.5 Å². The fraction of sp³-hybridized carbons (Fsp3) is 0.417. The zero-order chi connectivity index (χ0) is 13.5. The third kappa shape index (κ3) is 3.89. The molecule has 0 bridgehead atoms. The van der Waals surface area contributed by atoms with Crippen molar-refractivity contribution in [2.45, 2.75) is 13.5 Å². The van der Waals surface area contributed by atoms with Crippen molar-refractivity contribution in [3.8, 4) is 5.75 Å². The lowest BCUT2D eigenvalue weighted by Crippen LogP contribution is -2.33. The van der Waals surface area contributed by atoms with Crippen LogP contribution in [0.5, 0.6) is 5.75 Å². The molecule has 0 saturated carbocycles. The van der Waals surface area contributed by atoms with Crippen LogP contribution in [0.4, 0.5) is 4.39 Å². The standard InChI is InChI=1S/C12H18FN3O2/c1-3-16(8-12(14)15-17)7-9-4-5-11(18-2)10(13)6-9/h4-6,17H,3,7-8H2,1-2H3,(H2,14,15). The van der Waals surface area contributed by atoms with E-state index in [4.69, 9.17) is 15.7 Å². The van der Waals surface area contributed by atoms with Gasteiger partial charge in [0.05, 0.1) is 13.7 Å². The van der Waals surface area contributed by atoms with Gasteiger partial charge >= 0.3 is 0 Å². The van der Waals surface area contributed by atoms with Crippen LogP contribution in [-0.2, 0) is 6.54 Å². The Bertz CT molecular complexity index is 424. The Morgan fingerprint density at radius 2 is 2.28 bits per heavy atom. The highest BCUT2D eigenvalue weighted by atomic mass is 19.1. The van der Waals surface area contributed by atoms with Crippen molar-refractivity contribution in [2.75, 3.05) is 20.2 Å². The number of ether oxygens (including phenoxy) is 1. The van der Waals surface area contributed by atoms with Gasteiger partial charge in [0, 0.05) is 6.54 Å². The fourth-order valence-corrected chi connectivity index (χ4v) is 1.61. The summed E-state index contributed by atoms with van der Waals surface area (Å²) in [7, 11) is 1.43. The number of rotatable bonds is 6. The van der Waals surface area contributed by atoms with Gasteiger partial charge in [-0.05, 0) is 24.2 Å². The summed E-state index contributed by atoms with van der Waals surface area (Å²) in [5.41, 5.74) is 6.25. The van der Waals surface area contributed by atoms with Gasteiger partial charge in [-0.15, -0.1) is 0 Å². The molecule has 0 atom stereocenters. The number of nitrogens with zero attached hydrogens (tertiary/aromatic N) is 2. The minimum absolute atomic E-state index is 0.130. The minimum atomic E-state index is -0.394. The lowest BCUT2D eigenvalue weighted by molar-refractivity contribution is 0.294. The first-order valence-corrected chi connectivity index (χ1v) is 5.61. The number of halogens is 1. The van der Waals surface area contributed by atoms with Gasteiger partial charge in [-0.1, -0.05) is 18.1 Å². The molecule has 0 saturated heterocycles. The summed E-state index contributed by atoms with van der Waals surface area (Å²) < 4.78 is 18.4. The summed E-state index contributed by atoms with van der Waals surface area (Å²) in [6.45, 7) is 3.52. The van der Waals surface area contributed by atoms with E-state index in [0.717, 1.165) is 5.56 Å². The molecule has 0 aliphatic heterocycles. The molecular formula is C12H18FN3O2. The van der Waals surface area contributed by atoms with Crippen LogP contribution in [0, 0.1) is 5.82 Å². The summed E-state index contributed by atoms with van der Waals surface area (Å²) in [4.78, 5) is 1.93. The van der Waals surface area contributed by atoms with Crippen LogP contribution in [-0.4, -0.2) is 36.1 Å². The maximum atomic E-state index is 13.5. The summed E-state index contributed by atoms with van der Waals surface area (Å²) in [5, 5.41) is 11.4. The normalized spacial score (nSPS) is 11.9. The van der Waals surface area contributed by atoms with E-state index in [0.29, 0.717) is 19.6 Å². The molecule has 0 spiro atoms.